The molecule has 2 saturated heterocycles. The maximum atomic E-state index is 11.5. The van der Waals surface area contributed by atoms with Crippen molar-refractivity contribution in [3.8, 4) is 0 Å². The smallest absolute Gasteiger partial charge is 0.234 e. The Morgan fingerprint density at radius 3 is 2.67 bits per heavy atom. The molecule has 0 aromatic heterocycles. The molecule has 2 fully saturated rings. The number of fused-ring (bicyclic) bond motifs is 1. The molecule has 2 aliphatic rings. The van der Waals surface area contributed by atoms with Crippen molar-refractivity contribution in [2.45, 2.75) is 13.0 Å². The second-order valence-electron chi connectivity index (χ2n) is 3.56. The molecule has 2 aliphatic heterocycles. The van der Waals surface area contributed by atoms with Gasteiger partial charge in [-0.1, -0.05) is 0 Å². The highest BCUT2D eigenvalue weighted by atomic mass is 16.2. The number of amides is 2. The first kappa shape index (κ1) is 7.73. The van der Waals surface area contributed by atoms with E-state index < -0.39 is 0 Å². The highest BCUT2D eigenvalue weighted by molar-refractivity contribution is 6.05. The Labute approximate surface area is 70.9 Å². The average molecular weight is 168 g/mol. The molecule has 4 heteroatoms. The first-order chi connectivity index (χ1) is 5.63. The van der Waals surface area contributed by atoms with Crippen LogP contribution in [-0.2, 0) is 9.59 Å². The Bertz CT molecular complexity index is 251. The van der Waals surface area contributed by atoms with Gasteiger partial charge in [0.15, 0.2) is 0 Å². The van der Waals surface area contributed by atoms with Gasteiger partial charge in [0, 0.05) is 19.6 Å². The molecule has 0 bridgehead atoms. The summed E-state index contributed by atoms with van der Waals surface area (Å²) in [7, 11) is 1.57. The van der Waals surface area contributed by atoms with E-state index in [0.717, 1.165) is 0 Å². The summed E-state index contributed by atoms with van der Waals surface area (Å²) in [6.45, 7) is 2.61. The van der Waals surface area contributed by atoms with Crippen LogP contribution in [0.25, 0.3) is 0 Å². The highest BCUT2D eigenvalue weighted by Crippen LogP contribution is 2.31. The van der Waals surface area contributed by atoms with Crippen LogP contribution >= 0.6 is 0 Å². The lowest BCUT2D eigenvalue weighted by Crippen LogP contribution is -2.34. The van der Waals surface area contributed by atoms with E-state index in [4.69, 9.17) is 0 Å². The fourth-order valence-corrected chi connectivity index (χ4v) is 2.12. The van der Waals surface area contributed by atoms with Crippen molar-refractivity contribution in [3.05, 3.63) is 0 Å². The van der Waals surface area contributed by atoms with Crippen molar-refractivity contribution in [3.63, 3.8) is 0 Å². The van der Waals surface area contributed by atoms with Crippen molar-refractivity contribution >= 4 is 11.8 Å². The first-order valence-electron chi connectivity index (χ1n) is 4.17. The third kappa shape index (κ3) is 0.756. The van der Waals surface area contributed by atoms with Gasteiger partial charge in [0.2, 0.25) is 11.8 Å². The first-order valence-corrected chi connectivity index (χ1v) is 4.17. The van der Waals surface area contributed by atoms with E-state index in [-0.39, 0.29) is 29.7 Å². The van der Waals surface area contributed by atoms with E-state index in [1.165, 1.54) is 4.90 Å². The lowest BCUT2D eigenvalue weighted by molar-refractivity contribution is -0.138. The van der Waals surface area contributed by atoms with E-state index in [9.17, 15) is 9.59 Å². The zero-order valence-corrected chi connectivity index (χ0v) is 7.20. The number of hydrogen-bond acceptors (Lipinski definition) is 3. The molecule has 0 aromatic rings. The Kier molecular flexibility index (Phi) is 1.48. The molecule has 2 amide bonds. The maximum Gasteiger partial charge on any atom is 0.234 e. The molecule has 3 unspecified atom stereocenters. The van der Waals surface area contributed by atoms with Gasteiger partial charge in [-0.05, 0) is 6.92 Å². The lowest BCUT2D eigenvalue weighted by Gasteiger charge is -2.11. The summed E-state index contributed by atoms with van der Waals surface area (Å²) in [5, 5.41) is 3.13. The SMILES string of the molecule is CC1NCC2C(=O)N(C)C(=O)C12. The van der Waals surface area contributed by atoms with Crippen molar-refractivity contribution in [1.82, 2.24) is 10.2 Å². The second kappa shape index (κ2) is 2.29. The summed E-state index contributed by atoms with van der Waals surface area (Å²) in [5.74, 6) is -0.260. The molecule has 0 radical (unpaired) electrons. The number of nitrogens with one attached hydrogen (secondary N) is 1. The summed E-state index contributed by atoms with van der Waals surface area (Å²) >= 11 is 0. The average Bonchev–Trinajstić information content (AvgIpc) is 2.51. The summed E-state index contributed by atoms with van der Waals surface area (Å²) < 4.78 is 0. The van der Waals surface area contributed by atoms with Crippen LogP contribution in [0.5, 0.6) is 0 Å². The predicted octanol–water partition coefficient (Wildman–Crippen LogP) is -0.791. The molecule has 0 spiro atoms. The molecule has 1 N–H and O–H groups in total. The van der Waals surface area contributed by atoms with Crippen molar-refractivity contribution < 1.29 is 9.59 Å². The van der Waals surface area contributed by atoms with Crippen LogP contribution in [0.2, 0.25) is 0 Å². The maximum absolute atomic E-state index is 11.5. The number of carbonyl (C=O) groups is 2. The zero-order valence-electron chi connectivity index (χ0n) is 7.20. The largest absolute Gasteiger partial charge is 0.313 e. The quantitative estimate of drug-likeness (QED) is 0.482. The lowest BCUT2D eigenvalue weighted by atomic mass is 9.94. The minimum absolute atomic E-state index is 0.0255. The molecule has 4 nitrogen and oxygen atoms in total. The summed E-state index contributed by atoms with van der Waals surface area (Å²) in [6.07, 6.45) is 0. The summed E-state index contributed by atoms with van der Waals surface area (Å²) in [4.78, 5) is 24.1. The third-order valence-corrected chi connectivity index (χ3v) is 2.90. The van der Waals surface area contributed by atoms with Gasteiger partial charge in [0.05, 0.1) is 11.8 Å². The number of carbonyl (C=O) groups excluding carboxylic acids is 2. The van der Waals surface area contributed by atoms with E-state index in [0.29, 0.717) is 6.54 Å². The van der Waals surface area contributed by atoms with E-state index in [1.54, 1.807) is 7.05 Å². The minimum Gasteiger partial charge on any atom is -0.313 e. The van der Waals surface area contributed by atoms with Crippen LogP contribution in [0, 0.1) is 11.8 Å². The predicted molar refractivity (Wildman–Crippen MR) is 42.2 cm³/mol. The Balaban J connectivity index is 2.32. The third-order valence-electron chi connectivity index (χ3n) is 2.90. The van der Waals surface area contributed by atoms with Gasteiger partial charge < -0.3 is 5.32 Å². The van der Waals surface area contributed by atoms with Gasteiger partial charge in [-0.3, -0.25) is 14.5 Å². The second-order valence-corrected chi connectivity index (χ2v) is 3.56. The topological polar surface area (TPSA) is 49.4 Å². The fourth-order valence-electron chi connectivity index (χ4n) is 2.12. The van der Waals surface area contributed by atoms with Gasteiger partial charge in [-0.2, -0.15) is 0 Å². The highest BCUT2D eigenvalue weighted by Gasteiger charge is 2.51. The fraction of sp³-hybridized carbons (Fsp3) is 0.750. The molecule has 0 aromatic carbocycles. The van der Waals surface area contributed by atoms with E-state index in [1.807, 2.05) is 6.92 Å². The molecule has 12 heavy (non-hydrogen) atoms. The van der Waals surface area contributed by atoms with Gasteiger partial charge in [0.1, 0.15) is 0 Å². The van der Waals surface area contributed by atoms with Crippen LogP contribution < -0.4 is 5.32 Å². The van der Waals surface area contributed by atoms with E-state index in [2.05, 4.69) is 5.32 Å². The van der Waals surface area contributed by atoms with Crippen LogP contribution in [-0.4, -0.2) is 36.3 Å². The van der Waals surface area contributed by atoms with Gasteiger partial charge >= 0.3 is 0 Å². The Hall–Kier alpha value is -0.900. The van der Waals surface area contributed by atoms with Gasteiger partial charge in [-0.15, -0.1) is 0 Å². The Morgan fingerprint density at radius 2 is 2.08 bits per heavy atom. The molecule has 3 atom stereocenters. The van der Waals surface area contributed by atoms with Crippen molar-refractivity contribution in [1.29, 1.82) is 0 Å². The summed E-state index contributed by atoms with van der Waals surface area (Å²) in [5.41, 5.74) is 0. The monoisotopic (exact) mass is 168 g/mol. The molecular formula is C8H12N2O2. The van der Waals surface area contributed by atoms with Crippen LogP contribution in [0.1, 0.15) is 6.92 Å². The van der Waals surface area contributed by atoms with Crippen molar-refractivity contribution in [2.75, 3.05) is 13.6 Å². The van der Waals surface area contributed by atoms with E-state index >= 15 is 0 Å². The van der Waals surface area contributed by atoms with Crippen LogP contribution in [0.4, 0.5) is 0 Å². The van der Waals surface area contributed by atoms with Crippen molar-refractivity contribution in [2.24, 2.45) is 11.8 Å². The normalized spacial score (nSPS) is 40.8. The molecule has 66 valence electrons. The summed E-state index contributed by atoms with van der Waals surface area (Å²) in [6, 6.07) is 0.149. The number of nitrogens with zero attached hydrogens (tertiary/aromatic N) is 1. The Morgan fingerprint density at radius 1 is 1.42 bits per heavy atom. The molecular weight excluding hydrogens is 156 g/mol. The number of hydrogen-bond donors (Lipinski definition) is 1. The van der Waals surface area contributed by atoms with Gasteiger partial charge in [0.25, 0.3) is 0 Å². The standard InChI is InChI=1S/C8H12N2O2/c1-4-6-5(3-9-4)7(11)10(2)8(6)12/h4-6,9H,3H2,1-2H3. The zero-order chi connectivity index (χ0) is 8.88. The molecule has 2 rings (SSSR count). The molecule has 0 saturated carbocycles. The van der Waals surface area contributed by atoms with Gasteiger partial charge in [-0.25, -0.2) is 0 Å². The number of likely N-dealkylation sites (tertiary alicyclic amines) is 1. The number of imide groups is 1. The molecule has 2 heterocycles. The molecule has 0 aliphatic carbocycles. The minimum atomic E-state index is -0.109. The van der Waals surface area contributed by atoms with Crippen LogP contribution in [0.15, 0.2) is 0 Å². The number of rotatable bonds is 0. The van der Waals surface area contributed by atoms with Crippen LogP contribution in [0.3, 0.4) is 0 Å².